The molecule has 0 aliphatic rings. The number of thioether (sulfide) groups is 1. The molecule has 3 aromatic rings. The Morgan fingerprint density at radius 3 is 2.90 bits per heavy atom. The first kappa shape index (κ1) is 14.1. The monoisotopic (exact) mass is 367 g/mol. The summed E-state index contributed by atoms with van der Waals surface area (Å²) in [6.07, 6.45) is 4.91. The van der Waals surface area contributed by atoms with Gasteiger partial charge in [0.2, 0.25) is 0 Å². The third-order valence-electron chi connectivity index (χ3n) is 2.89. The van der Waals surface area contributed by atoms with Gasteiger partial charge in [-0.25, -0.2) is 4.98 Å². The quantitative estimate of drug-likeness (QED) is 0.697. The fraction of sp³-hybridized carbons (Fsp3) is 0.214. The molecule has 1 atom stereocenters. The second kappa shape index (κ2) is 6.30. The van der Waals surface area contributed by atoms with E-state index in [2.05, 4.69) is 55.8 Å². The molecule has 3 rings (SSSR count). The van der Waals surface area contributed by atoms with E-state index in [9.17, 15) is 0 Å². The lowest BCUT2D eigenvalue weighted by Crippen LogP contribution is -2.25. The van der Waals surface area contributed by atoms with Crippen molar-refractivity contribution in [2.24, 2.45) is 5.73 Å². The number of imidazole rings is 1. The Balaban J connectivity index is 1.55. The van der Waals surface area contributed by atoms with Crippen LogP contribution in [0.4, 0.5) is 0 Å². The van der Waals surface area contributed by atoms with Crippen molar-refractivity contribution in [1.29, 1.82) is 0 Å². The third-order valence-corrected chi connectivity index (χ3v) is 5.39. The smallest absolute Gasteiger partial charge is 0.193 e. The van der Waals surface area contributed by atoms with Gasteiger partial charge in [0.05, 0.1) is 5.69 Å². The SMILES string of the molecule is NC(CSc1ccc(Br)cc1)Cc1cn2ccsc2n1. The number of hydrogen-bond acceptors (Lipinski definition) is 4. The fourth-order valence-corrected chi connectivity index (χ4v) is 3.77. The molecule has 0 fully saturated rings. The zero-order valence-electron chi connectivity index (χ0n) is 10.7. The lowest BCUT2D eigenvalue weighted by Gasteiger charge is -2.09. The molecule has 2 N–H and O–H groups in total. The normalized spacial score (nSPS) is 12.9. The third kappa shape index (κ3) is 3.44. The van der Waals surface area contributed by atoms with Crippen LogP contribution in [0.2, 0.25) is 0 Å². The number of nitrogens with zero attached hydrogens (tertiary/aromatic N) is 2. The average Bonchev–Trinajstić information content (AvgIpc) is 2.99. The summed E-state index contributed by atoms with van der Waals surface area (Å²) in [4.78, 5) is 6.85. The van der Waals surface area contributed by atoms with Crippen molar-refractivity contribution < 1.29 is 0 Å². The number of hydrogen-bond donors (Lipinski definition) is 1. The minimum absolute atomic E-state index is 0.119. The van der Waals surface area contributed by atoms with Crippen LogP contribution in [-0.4, -0.2) is 21.2 Å². The molecular weight excluding hydrogens is 354 g/mol. The Morgan fingerprint density at radius 2 is 2.15 bits per heavy atom. The Bertz CT molecular complexity index is 661. The van der Waals surface area contributed by atoms with Gasteiger partial charge in [0, 0.05) is 45.4 Å². The van der Waals surface area contributed by atoms with Crippen molar-refractivity contribution in [2.75, 3.05) is 5.75 Å². The molecule has 0 bridgehead atoms. The summed E-state index contributed by atoms with van der Waals surface area (Å²) in [5.74, 6) is 0.896. The Labute approximate surface area is 134 Å². The molecule has 3 nitrogen and oxygen atoms in total. The maximum absolute atomic E-state index is 6.20. The van der Waals surface area contributed by atoms with E-state index in [0.717, 1.165) is 27.3 Å². The summed E-state index contributed by atoms with van der Waals surface area (Å²) < 4.78 is 3.15. The zero-order chi connectivity index (χ0) is 13.9. The van der Waals surface area contributed by atoms with Gasteiger partial charge in [-0.05, 0) is 24.3 Å². The highest BCUT2D eigenvalue weighted by Gasteiger charge is 2.09. The largest absolute Gasteiger partial charge is 0.327 e. The van der Waals surface area contributed by atoms with Gasteiger partial charge in [-0.3, -0.25) is 4.40 Å². The summed E-state index contributed by atoms with van der Waals surface area (Å²) in [6.45, 7) is 0. The van der Waals surface area contributed by atoms with Crippen LogP contribution < -0.4 is 5.73 Å². The van der Waals surface area contributed by atoms with E-state index in [-0.39, 0.29) is 6.04 Å². The van der Waals surface area contributed by atoms with E-state index in [4.69, 9.17) is 5.73 Å². The second-order valence-corrected chi connectivity index (χ2v) is 7.44. The van der Waals surface area contributed by atoms with Gasteiger partial charge in [-0.2, -0.15) is 0 Å². The Morgan fingerprint density at radius 1 is 1.35 bits per heavy atom. The Hall–Kier alpha value is -0.820. The van der Waals surface area contributed by atoms with Crippen LogP contribution in [0.25, 0.3) is 4.96 Å². The van der Waals surface area contributed by atoms with Gasteiger partial charge in [-0.1, -0.05) is 15.9 Å². The maximum Gasteiger partial charge on any atom is 0.193 e. The summed E-state index contributed by atoms with van der Waals surface area (Å²) in [5.41, 5.74) is 7.27. The molecule has 0 saturated heterocycles. The van der Waals surface area contributed by atoms with Crippen LogP contribution in [0, 0.1) is 0 Å². The number of rotatable bonds is 5. The molecule has 0 amide bonds. The number of benzene rings is 1. The molecule has 104 valence electrons. The van der Waals surface area contributed by atoms with Crippen molar-refractivity contribution in [3.8, 4) is 0 Å². The summed E-state index contributed by atoms with van der Waals surface area (Å²) >= 11 is 6.87. The van der Waals surface area contributed by atoms with Gasteiger partial charge in [-0.15, -0.1) is 23.1 Å². The van der Waals surface area contributed by atoms with Crippen molar-refractivity contribution in [3.63, 3.8) is 0 Å². The number of nitrogens with two attached hydrogens (primary N) is 1. The fourth-order valence-electron chi connectivity index (χ4n) is 1.94. The minimum Gasteiger partial charge on any atom is -0.327 e. The first-order valence-electron chi connectivity index (χ1n) is 6.26. The van der Waals surface area contributed by atoms with Gasteiger partial charge in [0.15, 0.2) is 4.96 Å². The molecule has 0 saturated carbocycles. The second-order valence-electron chi connectivity index (χ2n) is 4.55. The standard InChI is InChI=1S/C14H14BrN3S2/c15-10-1-3-13(4-2-10)20-9-11(16)7-12-8-18-5-6-19-14(18)17-12/h1-6,8,11H,7,9,16H2. The Kier molecular flexibility index (Phi) is 4.45. The molecule has 1 unspecified atom stereocenters. The highest BCUT2D eigenvalue weighted by Crippen LogP contribution is 2.21. The molecule has 0 aliphatic heterocycles. The van der Waals surface area contributed by atoms with Gasteiger partial charge >= 0.3 is 0 Å². The first-order valence-corrected chi connectivity index (χ1v) is 8.91. The van der Waals surface area contributed by atoms with Crippen molar-refractivity contribution >= 4 is 44.0 Å². The number of thiazole rings is 1. The van der Waals surface area contributed by atoms with Gasteiger partial charge in [0.1, 0.15) is 0 Å². The predicted octanol–water partition coefficient (Wildman–Crippen LogP) is 3.82. The highest BCUT2D eigenvalue weighted by molar-refractivity contribution is 9.10. The van der Waals surface area contributed by atoms with Gasteiger partial charge < -0.3 is 5.73 Å². The van der Waals surface area contributed by atoms with Crippen LogP contribution in [-0.2, 0) is 6.42 Å². The predicted molar refractivity (Wildman–Crippen MR) is 89.6 cm³/mol. The lowest BCUT2D eigenvalue weighted by molar-refractivity contribution is 0.736. The summed E-state index contributed by atoms with van der Waals surface area (Å²) in [5, 5.41) is 2.04. The molecule has 0 aliphatic carbocycles. The topological polar surface area (TPSA) is 43.3 Å². The van der Waals surface area contributed by atoms with E-state index in [1.807, 2.05) is 11.6 Å². The van der Waals surface area contributed by atoms with Crippen molar-refractivity contribution in [2.45, 2.75) is 17.4 Å². The molecule has 20 heavy (non-hydrogen) atoms. The zero-order valence-corrected chi connectivity index (χ0v) is 13.9. The lowest BCUT2D eigenvalue weighted by atomic mass is 10.2. The molecule has 1 aromatic carbocycles. The van der Waals surface area contributed by atoms with E-state index >= 15 is 0 Å². The van der Waals surface area contributed by atoms with Gasteiger partial charge in [0.25, 0.3) is 0 Å². The van der Waals surface area contributed by atoms with Crippen LogP contribution >= 0.6 is 39.0 Å². The first-order chi connectivity index (χ1) is 9.70. The molecule has 6 heteroatoms. The van der Waals surface area contributed by atoms with Crippen LogP contribution in [0.3, 0.4) is 0 Å². The van der Waals surface area contributed by atoms with E-state index in [0.29, 0.717) is 0 Å². The van der Waals surface area contributed by atoms with Crippen LogP contribution in [0.5, 0.6) is 0 Å². The number of fused-ring (bicyclic) bond motifs is 1. The van der Waals surface area contributed by atoms with E-state index < -0.39 is 0 Å². The minimum atomic E-state index is 0.119. The summed E-state index contributed by atoms with van der Waals surface area (Å²) in [6, 6.07) is 8.44. The highest BCUT2D eigenvalue weighted by atomic mass is 79.9. The average molecular weight is 368 g/mol. The molecule has 0 radical (unpaired) electrons. The van der Waals surface area contributed by atoms with Crippen LogP contribution in [0.15, 0.2) is 51.4 Å². The van der Waals surface area contributed by atoms with E-state index in [1.54, 1.807) is 23.1 Å². The van der Waals surface area contributed by atoms with E-state index in [1.165, 1.54) is 4.90 Å². The summed E-state index contributed by atoms with van der Waals surface area (Å²) in [7, 11) is 0. The molecular formula is C14H14BrN3S2. The van der Waals surface area contributed by atoms with Crippen molar-refractivity contribution in [3.05, 3.63) is 52.2 Å². The van der Waals surface area contributed by atoms with Crippen LogP contribution in [0.1, 0.15) is 5.69 Å². The molecule has 0 spiro atoms. The van der Waals surface area contributed by atoms with Crippen molar-refractivity contribution in [1.82, 2.24) is 9.38 Å². The number of aromatic nitrogens is 2. The molecule has 2 heterocycles. The number of halogens is 1. The maximum atomic E-state index is 6.20. The molecule has 2 aromatic heterocycles.